The van der Waals surface area contributed by atoms with Gasteiger partial charge in [0, 0.05) is 17.5 Å². The van der Waals surface area contributed by atoms with Gasteiger partial charge in [0.2, 0.25) is 0 Å². The van der Waals surface area contributed by atoms with Crippen LogP contribution in [0.5, 0.6) is 5.75 Å². The van der Waals surface area contributed by atoms with Crippen LogP contribution in [0.3, 0.4) is 0 Å². The summed E-state index contributed by atoms with van der Waals surface area (Å²) in [6.07, 6.45) is 13.9. The molecule has 0 amide bonds. The highest BCUT2D eigenvalue weighted by atomic mass is 16.3. The molecule has 3 rings (SSSR count). The third-order valence-electron chi connectivity index (χ3n) is 7.73. The third kappa shape index (κ3) is 10.4. The van der Waals surface area contributed by atoms with Crippen molar-refractivity contribution in [2.45, 2.75) is 91.9 Å². The molecule has 0 spiro atoms. The van der Waals surface area contributed by atoms with E-state index in [0.29, 0.717) is 5.56 Å². The average molecular weight is 563 g/mol. The van der Waals surface area contributed by atoms with Gasteiger partial charge in [-0.1, -0.05) is 100 Å². The molecule has 0 heterocycles. The zero-order valence-corrected chi connectivity index (χ0v) is 26.6. The predicted octanol–water partition coefficient (Wildman–Crippen LogP) is 11.4. The second-order valence-corrected chi connectivity index (χ2v) is 11.1. The Kier molecular flexibility index (Phi) is 14.4. The summed E-state index contributed by atoms with van der Waals surface area (Å²) in [6, 6.07) is 24.4. The summed E-state index contributed by atoms with van der Waals surface area (Å²) in [4.78, 5) is 0. The Morgan fingerprint density at radius 3 is 2.14 bits per heavy atom. The minimum Gasteiger partial charge on any atom is -0.508 e. The molecule has 3 aromatic rings. The molecule has 0 aliphatic rings. The van der Waals surface area contributed by atoms with Crippen molar-refractivity contribution < 1.29 is 5.11 Å². The van der Waals surface area contributed by atoms with E-state index in [2.05, 4.69) is 94.2 Å². The van der Waals surface area contributed by atoms with Gasteiger partial charge in [-0.2, -0.15) is 5.26 Å². The van der Waals surface area contributed by atoms with Gasteiger partial charge in [0.15, 0.2) is 0 Å². The monoisotopic (exact) mass is 562 g/mol. The molecular formula is C39H50N2O. The normalized spacial score (nSPS) is 11.5. The quantitative estimate of drug-likeness (QED) is 0.204. The number of nitrogens with one attached hydrogen (secondary N) is 1. The maximum absolute atomic E-state index is 9.90. The number of phenols is 1. The number of phenolic OH excluding ortho intramolecular Hbond substituents is 1. The van der Waals surface area contributed by atoms with Gasteiger partial charge in [-0.3, -0.25) is 0 Å². The smallest absolute Gasteiger partial charge is 0.117 e. The Hall–Kier alpha value is -4.03. The van der Waals surface area contributed by atoms with Gasteiger partial charge in [-0.25, -0.2) is 0 Å². The summed E-state index contributed by atoms with van der Waals surface area (Å²) in [5.74, 6) is 0.266. The van der Waals surface area contributed by atoms with E-state index >= 15 is 0 Å². The van der Waals surface area contributed by atoms with E-state index in [1.54, 1.807) is 12.1 Å². The SMILES string of the molecule is C/C=C\C(=C/C)CC.C=C(CCC(CCC)(CCC)c1ccc(-c2cccc(C#N)c2)cc1)Nc1cc(C)cc(O)c1. The Balaban J connectivity index is 0.000000675. The number of allylic oxidation sites excluding steroid dienone is 5. The van der Waals surface area contributed by atoms with E-state index < -0.39 is 0 Å². The topological polar surface area (TPSA) is 56.0 Å². The van der Waals surface area contributed by atoms with Crippen LogP contribution in [0.4, 0.5) is 5.69 Å². The Labute approximate surface area is 255 Å². The van der Waals surface area contributed by atoms with Crippen molar-refractivity contribution in [2.24, 2.45) is 0 Å². The second-order valence-electron chi connectivity index (χ2n) is 11.1. The molecule has 2 N–H and O–H groups in total. The average Bonchev–Trinajstić information content (AvgIpc) is 2.99. The summed E-state index contributed by atoms with van der Waals surface area (Å²) >= 11 is 0. The maximum atomic E-state index is 9.90. The van der Waals surface area contributed by atoms with Crippen molar-refractivity contribution in [2.75, 3.05) is 5.32 Å². The maximum Gasteiger partial charge on any atom is 0.117 e. The Bertz CT molecular complexity index is 1340. The number of rotatable bonds is 13. The molecule has 0 saturated heterocycles. The number of hydrogen-bond acceptors (Lipinski definition) is 3. The van der Waals surface area contributed by atoms with E-state index in [9.17, 15) is 10.4 Å². The summed E-state index contributed by atoms with van der Waals surface area (Å²) in [5, 5.41) is 22.5. The second kappa shape index (κ2) is 17.7. The van der Waals surface area contributed by atoms with Crippen LogP contribution in [-0.2, 0) is 5.41 Å². The summed E-state index contributed by atoms with van der Waals surface area (Å²) in [5.41, 5.74) is 8.62. The van der Waals surface area contributed by atoms with E-state index in [4.69, 9.17) is 0 Å². The highest BCUT2D eigenvalue weighted by Gasteiger charge is 2.30. The minimum absolute atomic E-state index is 0.0932. The highest BCUT2D eigenvalue weighted by molar-refractivity contribution is 5.65. The lowest BCUT2D eigenvalue weighted by atomic mass is 9.70. The van der Waals surface area contributed by atoms with Gasteiger partial charge < -0.3 is 10.4 Å². The molecule has 3 nitrogen and oxygen atoms in total. The van der Waals surface area contributed by atoms with Crippen LogP contribution in [-0.4, -0.2) is 5.11 Å². The lowest BCUT2D eigenvalue weighted by molar-refractivity contribution is 0.330. The van der Waals surface area contributed by atoms with Crippen LogP contribution in [0, 0.1) is 18.3 Å². The molecule has 0 radical (unpaired) electrons. The van der Waals surface area contributed by atoms with Crippen LogP contribution in [0.15, 0.2) is 103 Å². The van der Waals surface area contributed by atoms with Gasteiger partial charge in [-0.15, -0.1) is 0 Å². The molecule has 0 aliphatic heterocycles. The zero-order chi connectivity index (χ0) is 31.0. The fourth-order valence-corrected chi connectivity index (χ4v) is 5.67. The molecule has 0 bridgehead atoms. The Morgan fingerprint density at radius 1 is 0.929 bits per heavy atom. The number of nitriles is 1. The summed E-state index contributed by atoms with van der Waals surface area (Å²) < 4.78 is 0. The number of aryl methyl sites for hydroxylation is 1. The number of hydrogen-bond donors (Lipinski definition) is 2. The fraction of sp³-hybridized carbons (Fsp3) is 0.359. The molecule has 3 heteroatoms. The van der Waals surface area contributed by atoms with E-state index in [1.165, 1.54) is 11.1 Å². The zero-order valence-electron chi connectivity index (χ0n) is 26.6. The molecule has 0 aliphatic carbocycles. The number of aromatic hydroxyl groups is 1. The van der Waals surface area contributed by atoms with Crippen LogP contribution in [0.25, 0.3) is 11.1 Å². The van der Waals surface area contributed by atoms with E-state index in [-0.39, 0.29) is 11.2 Å². The summed E-state index contributed by atoms with van der Waals surface area (Å²) in [6.45, 7) is 17.0. The van der Waals surface area contributed by atoms with Crippen molar-refractivity contribution in [3.8, 4) is 22.9 Å². The van der Waals surface area contributed by atoms with Crippen molar-refractivity contribution >= 4 is 5.69 Å². The number of benzene rings is 3. The van der Waals surface area contributed by atoms with Crippen LogP contribution < -0.4 is 5.32 Å². The first-order chi connectivity index (χ1) is 20.2. The van der Waals surface area contributed by atoms with Gasteiger partial charge in [0.05, 0.1) is 11.6 Å². The molecule has 0 saturated carbocycles. The van der Waals surface area contributed by atoms with Crippen LogP contribution in [0.1, 0.15) is 96.3 Å². The number of nitrogens with zero attached hydrogens (tertiary/aromatic N) is 1. The molecule has 0 fully saturated rings. The molecular weight excluding hydrogens is 512 g/mol. The van der Waals surface area contributed by atoms with Gasteiger partial charge in [0.25, 0.3) is 0 Å². The van der Waals surface area contributed by atoms with E-state index in [1.807, 2.05) is 38.1 Å². The van der Waals surface area contributed by atoms with Gasteiger partial charge in [0.1, 0.15) is 5.75 Å². The first-order valence-electron chi connectivity index (χ1n) is 15.4. The molecule has 0 atom stereocenters. The van der Waals surface area contributed by atoms with E-state index in [0.717, 1.165) is 73.0 Å². The first-order valence-corrected chi connectivity index (χ1v) is 15.4. The van der Waals surface area contributed by atoms with Gasteiger partial charge in [-0.05, 0) is 105 Å². The third-order valence-corrected chi connectivity index (χ3v) is 7.73. The molecule has 0 aromatic heterocycles. The lowest BCUT2D eigenvalue weighted by Crippen LogP contribution is -2.26. The Morgan fingerprint density at radius 2 is 1.62 bits per heavy atom. The lowest BCUT2D eigenvalue weighted by Gasteiger charge is -2.35. The van der Waals surface area contributed by atoms with Crippen molar-refractivity contribution in [3.63, 3.8) is 0 Å². The number of anilines is 1. The van der Waals surface area contributed by atoms with Crippen LogP contribution >= 0.6 is 0 Å². The van der Waals surface area contributed by atoms with Crippen molar-refractivity contribution in [1.82, 2.24) is 0 Å². The highest BCUT2D eigenvalue weighted by Crippen LogP contribution is 2.40. The van der Waals surface area contributed by atoms with Crippen molar-refractivity contribution in [3.05, 3.63) is 119 Å². The van der Waals surface area contributed by atoms with Crippen molar-refractivity contribution in [1.29, 1.82) is 5.26 Å². The minimum atomic E-state index is 0.0932. The molecule has 222 valence electrons. The standard InChI is InChI=1S/C31H36N2O.C8H14/c1-5-15-31(16-6-2,17-14-24(4)33-29-18-23(3)19-30(34)21-29)28-12-10-26(11-13-28)27-9-7-8-25(20-27)22-32;1-4-7-8(5-2)6-3/h7-13,18-21,33-34H,4-6,14-17H2,1-3H3;4-5,7H,6H2,1-3H3/b;7-4-,8-5-. The summed E-state index contributed by atoms with van der Waals surface area (Å²) in [7, 11) is 0. The molecule has 0 unspecified atom stereocenters. The largest absolute Gasteiger partial charge is 0.508 e. The fourth-order valence-electron chi connectivity index (χ4n) is 5.67. The molecule has 42 heavy (non-hydrogen) atoms. The first kappa shape index (κ1) is 34.2. The van der Waals surface area contributed by atoms with Crippen LogP contribution in [0.2, 0.25) is 0 Å². The molecule has 3 aromatic carbocycles. The predicted molar refractivity (Wildman–Crippen MR) is 182 cm³/mol. The van der Waals surface area contributed by atoms with Gasteiger partial charge >= 0.3 is 0 Å².